The molecule has 1 aromatic heterocycles. The van der Waals surface area contributed by atoms with Gasteiger partial charge in [-0.3, -0.25) is 4.79 Å². The highest BCUT2D eigenvalue weighted by Crippen LogP contribution is 2.29. The first kappa shape index (κ1) is 32.3. The van der Waals surface area contributed by atoms with Crippen LogP contribution in [0.1, 0.15) is 49.7 Å². The number of aromatic nitrogens is 1. The molecule has 3 heterocycles. The van der Waals surface area contributed by atoms with E-state index in [0.717, 1.165) is 56.2 Å². The van der Waals surface area contributed by atoms with Gasteiger partial charge in [0.05, 0.1) is 0 Å². The molecule has 0 spiro atoms. The van der Waals surface area contributed by atoms with Crippen LogP contribution in [-0.2, 0) is 32.3 Å². The largest absolute Gasteiger partial charge is 0.460 e. The zero-order valence-electron chi connectivity index (χ0n) is 24.0. The van der Waals surface area contributed by atoms with Crippen LogP contribution in [0.3, 0.4) is 0 Å². The molecule has 1 N–H and O–H groups in total. The van der Waals surface area contributed by atoms with E-state index in [1.807, 2.05) is 65.6 Å². The summed E-state index contributed by atoms with van der Waals surface area (Å²) >= 11 is 6.02. The Bertz CT molecular complexity index is 1440. The fraction of sp³-hybridized carbons (Fsp3) is 0.364. The standard InChI is InChI=1S/C20H19ClN2O3.C13H17NO2.ClH/c21-15-9-10-18-16(12-15)22-20(26-18)23-11-5-4-8-17(23)19(24)25-13-14-6-2-1-3-7-14;15-13(12-8-4-5-9-14-12)16-10-11-6-2-1-3-7-11;/h1-3,6-7,9-10,12,17H,4-5,8,11,13H2;1-3,6-7,12,14H,4-5,8-10H2;1H/t17-;12-;/m00./s1. The van der Waals surface area contributed by atoms with Crippen LogP contribution in [-0.4, -0.2) is 42.1 Å². The highest BCUT2D eigenvalue weighted by molar-refractivity contribution is 6.31. The Kier molecular flexibility index (Phi) is 12.3. The summed E-state index contributed by atoms with van der Waals surface area (Å²) in [6.07, 6.45) is 5.86. The minimum Gasteiger partial charge on any atom is -0.460 e. The van der Waals surface area contributed by atoms with Gasteiger partial charge in [-0.1, -0.05) is 78.7 Å². The van der Waals surface area contributed by atoms with Crippen LogP contribution in [0.25, 0.3) is 11.1 Å². The number of ether oxygens (including phenoxy) is 2. The highest BCUT2D eigenvalue weighted by atomic mass is 35.5. The number of hydrogen-bond donors (Lipinski definition) is 1. The van der Waals surface area contributed by atoms with E-state index in [1.54, 1.807) is 18.2 Å². The summed E-state index contributed by atoms with van der Waals surface area (Å²) in [5.41, 5.74) is 3.35. The van der Waals surface area contributed by atoms with E-state index < -0.39 is 0 Å². The number of fused-ring (bicyclic) bond motifs is 1. The van der Waals surface area contributed by atoms with E-state index in [1.165, 1.54) is 0 Å². The van der Waals surface area contributed by atoms with Gasteiger partial charge in [-0.25, -0.2) is 4.79 Å². The maximum absolute atomic E-state index is 12.7. The Balaban J connectivity index is 0.000000215. The minimum atomic E-state index is -0.379. The maximum atomic E-state index is 12.7. The van der Waals surface area contributed by atoms with Gasteiger partial charge in [-0.15, -0.1) is 12.4 Å². The van der Waals surface area contributed by atoms with Crippen molar-refractivity contribution >= 4 is 53.1 Å². The number of carbonyl (C=O) groups excluding carboxylic acids is 2. The average Bonchev–Trinajstić information content (AvgIpc) is 3.47. The van der Waals surface area contributed by atoms with Crippen molar-refractivity contribution in [1.82, 2.24) is 10.3 Å². The van der Waals surface area contributed by atoms with Crippen molar-refractivity contribution in [2.45, 2.75) is 63.8 Å². The summed E-state index contributed by atoms with van der Waals surface area (Å²) in [6, 6.07) is 24.7. The molecule has 2 saturated heterocycles. The van der Waals surface area contributed by atoms with Crippen LogP contribution in [0.15, 0.2) is 83.3 Å². The normalized spacial score (nSPS) is 18.1. The summed E-state index contributed by atoms with van der Waals surface area (Å²) < 4.78 is 16.7. The molecule has 6 rings (SSSR count). The van der Waals surface area contributed by atoms with Crippen molar-refractivity contribution in [3.8, 4) is 0 Å². The number of rotatable bonds is 7. The van der Waals surface area contributed by atoms with Gasteiger partial charge < -0.3 is 24.1 Å². The third kappa shape index (κ3) is 9.20. The van der Waals surface area contributed by atoms with Crippen molar-refractivity contribution in [2.75, 3.05) is 18.0 Å². The number of esters is 2. The van der Waals surface area contributed by atoms with E-state index >= 15 is 0 Å². The number of piperidine rings is 2. The number of nitrogens with one attached hydrogen (secondary N) is 1. The predicted molar refractivity (Wildman–Crippen MR) is 169 cm³/mol. The van der Waals surface area contributed by atoms with Gasteiger partial charge in [0.15, 0.2) is 5.58 Å². The maximum Gasteiger partial charge on any atom is 0.329 e. The third-order valence-corrected chi connectivity index (χ3v) is 7.64. The zero-order valence-corrected chi connectivity index (χ0v) is 25.5. The quantitative estimate of drug-likeness (QED) is 0.222. The lowest BCUT2D eigenvalue weighted by Crippen LogP contribution is -2.45. The molecule has 10 heteroatoms. The SMILES string of the molecule is Cl.O=C(OCc1ccccc1)[C@@H]1CCCCN1.O=C(OCc1ccccc1)[C@@H]1CCCCN1c1nc2cc(Cl)ccc2o1. The number of anilines is 1. The topological polar surface area (TPSA) is 93.9 Å². The van der Waals surface area contributed by atoms with E-state index in [9.17, 15) is 9.59 Å². The van der Waals surface area contributed by atoms with Crippen molar-refractivity contribution in [3.63, 3.8) is 0 Å². The molecule has 8 nitrogen and oxygen atoms in total. The third-order valence-electron chi connectivity index (χ3n) is 7.40. The fourth-order valence-corrected chi connectivity index (χ4v) is 5.29. The highest BCUT2D eigenvalue weighted by Gasteiger charge is 2.33. The summed E-state index contributed by atoms with van der Waals surface area (Å²) in [6.45, 7) is 2.28. The molecule has 228 valence electrons. The van der Waals surface area contributed by atoms with Crippen LogP contribution in [0.5, 0.6) is 0 Å². The van der Waals surface area contributed by atoms with Crippen molar-refractivity contribution in [3.05, 3.63) is 95.0 Å². The molecule has 3 aromatic carbocycles. The second kappa shape index (κ2) is 16.3. The first-order valence-corrected chi connectivity index (χ1v) is 14.9. The number of nitrogens with zero attached hydrogens (tertiary/aromatic N) is 2. The van der Waals surface area contributed by atoms with Crippen molar-refractivity contribution < 1.29 is 23.5 Å². The van der Waals surface area contributed by atoms with Crippen LogP contribution in [0.2, 0.25) is 5.02 Å². The van der Waals surface area contributed by atoms with Gasteiger partial charge in [-0.05, 0) is 68.0 Å². The molecule has 0 bridgehead atoms. The number of carbonyl (C=O) groups is 2. The Morgan fingerprint density at radius 2 is 1.51 bits per heavy atom. The van der Waals surface area contributed by atoms with Crippen molar-refractivity contribution in [1.29, 1.82) is 0 Å². The number of hydrogen-bond acceptors (Lipinski definition) is 8. The van der Waals surface area contributed by atoms with Crippen LogP contribution >= 0.6 is 24.0 Å². The van der Waals surface area contributed by atoms with Gasteiger partial charge in [0, 0.05) is 11.6 Å². The number of oxazole rings is 1. The van der Waals surface area contributed by atoms with Crippen LogP contribution in [0, 0.1) is 0 Å². The molecule has 2 atom stereocenters. The molecule has 43 heavy (non-hydrogen) atoms. The fourth-order valence-electron chi connectivity index (χ4n) is 5.12. The average molecular weight is 627 g/mol. The molecule has 2 aliphatic heterocycles. The molecule has 4 aromatic rings. The monoisotopic (exact) mass is 625 g/mol. The Labute approximate surface area is 263 Å². The summed E-state index contributed by atoms with van der Waals surface area (Å²) in [7, 11) is 0. The number of halogens is 2. The lowest BCUT2D eigenvalue weighted by atomic mass is 10.0. The molecule has 0 saturated carbocycles. The Morgan fingerprint density at radius 1 is 0.860 bits per heavy atom. The van der Waals surface area contributed by atoms with E-state index in [-0.39, 0.29) is 43.0 Å². The first-order chi connectivity index (χ1) is 20.6. The lowest BCUT2D eigenvalue weighted by molar-refractivity contribution is -0.148. The Hall–Kier alpha value is -3.59. The molecule has 0 aliphatic carbocycles. The first-order valence-electron chi connectivity index (χ1n) is 14.5. The molecule has 2 aliphatic rings. The van der Waals surface area contributed by atoms with E-state index in [0.29, 0.717) is 35.3 Å². The molecular formula is C33H37Cl2N3O5. The summed E-state index contributed by atoms with van der Waals surface area (Å²) in [4.78, 5) is 30.8. The number of benzene rings is 3. The smallest absolute Gasteiger partial charge is 0.329 e. The van der Waals surface area contributed by atoms with Gasteiger partial charge in [-0.2, -0.15) is 4.98 Å². The van der Waals surface area contributed by atoms with E-state index in [2.05, 4.69) is 10.3 Å². The van der Waals surface area contributed by atoms with Crippen molar-refractivity contribution in [2.24, 2.45) is 0 Å². The Morgan fingerprint density at radius 3 is 2.16 bits per heavy atom. The van der Waals surface area contributed by atoms with Crippen LogP contribution < -0.4 is 10.2 Å². The molecule has 0 amide bonds. The minimum absolute atomic E-state index is 0. The second-order valence-electron chi connectivity index (χ2n) is 10.5. The van der Waals surface area contributed by atoms with Crippen LogP contribution in [0.4, 0.5) is 6.01 Å². The zero-order chi connectivity index (χ0) is 29.1. The predicted octanol–water partition coefficient (Wildman–Crippen LogP) is 6.88. The van der Waals surface area contributed by atoms with E-state index in [4.69, 9.17) is 25.5 Å². The van der Waals surface area contributed by atoms with Gasteiger partial charge in [0.25, 0.3) is 6.01 Å². The second-order valence-corrected chi connectivity index (χ2v) is 10.9. The van der Waals surface area contributed by atoms with Gasteiger partial charge >= 0.3 is 11.9 Å². The van der Waals surface area contributed by atoms with Gasteiger partial charge in [0.1, 0.15) is 30.8 Å². The summed E-state index contributed by atoms with van der Waals surface area (Å²) in [5, 5.41) is 3.79. The molecule has 0 radical (unpaired) electrons. The molecule has 2 fully saturated rings. The van der Waals surface area contributed by atoms with Gasteiger partial charge in [0.2, 0.25) is 0 Å². The molecular weight excluding hydrogens is 589 g/mol. The molecule has 0 unspecified atom stereocenters. The lowest BCUT2D eigenvalue weighted by Gasteiger charge is -2.32. The summed E-state index contributed by atoms with van der Waals surface area (Å²) in [5.74, 6) is -0.364.